The standard InChI is InChI=1S/C15H25NO2/c1-11(2)14-7-12(3)8-15(9-14)18-6-5-16-10-13(4)17/h7-9,11,13,16-17H,5-6,10H2,1-4H3/p+1/t13-/m1/s1. The Labute approximate surface area is 110 Å². The third kappa shape index (κ3) is 5.52. The van der Waals surface area contributed by atoms with Crippen molar-refractivity contribution in [1.29, 1.82) is 0 Å². The molecule has 1 aromatic carbocycles. The van der Waals surface area contributed by atoms with Crippen LogP contribution in [-0.4, -0.2) is 30.9 Å². The number of aliphatic hydroxyl groups is 1. The van der Waals surface area contributed by atoms with E-state index in [1.54, 1.807) is 6.92 Å². The maximum Gasteiger partial charge on any atom is 0.137 e. The maximum atomic E-state index is 9.13. The molecule has 0 radical (unpaired) electrons. The first kappa shape index (κ1) is 15.0. The van der Waals surface area contributed by atoms with E-state index in [0.29, 0.717) is 12.5 Å². The number of aliphatic hydroxyl groups excluding tert-OH is 1. The fourth-order valence-corrected chi connectivity index (χ4v) is 1.81. The zero-order chi connectivity index (χ0) is 13.5. The number of hydrogen-bond donors (Lipinski definition) is 2. The third-order valence-corrected chi connectivity index (χ3v) is 2.84. The summed E-state index contributed by atoms with van der Waals surface area (Å²) < 4.78 is 5.75. The van der Waals surface area contributed by atoms with Gasteiger partial charge in [0.15, 0.2) is 0 Å². The molecule has 0 aliphatic carbocycles. The number of nitrogens with two attached hydrogens (primary N) is 1. The number of quaternary nitrogens is 1. The van der Waals surface area contributed by atoms with Gasteiger partial charge < -0.3 is 15.2 Å². The van der Waals surface area contributed by atoms with Gasteiger partial charge in [0.05, 0.1) is 6.10 Å². The van der Waals surface area contributed by atoms with Crippen molar-refractivity contribution >= 4 is 0 Å². The van der Waals surface area contributed by atoms with E-state index in [9.17, 15) is 0 Å². The molecule has 1 rings (SSSR count). The molecule has 0 unspecified atom stereocenters. The van der Waals surface area contributed by atoms with Gasteiger partial charge in [-0.1, -0.05) is 19.9 Å². The van der Waals surface area contributed by atoms with Crippen LogP contribution < -0.4 is 10.1 Å². The zero-order valence-electron chi connectivity index (χ0n) is 11.9. The molecule has 0 amide bonds. The fourth-order valence-electron chi connectivity index (χ4n) is 1.81. The lowest BCUT2D eigenvalue weighted by atomic mass is 10.0. The molecule has 0 saturated carbocycles. The van der Waals surface area contributed by atoms with Crippen LogP contribution in [0.25, 0.3) is 0 Å². The maximum absolute atomic E-state index is 9.13. The SMILES string of the molecule is Cc1cc(OCC[NH2+]C[C@@H](C)O)cc(C(C)C)c1. The quantitative estimate of drug-likeness (QED) is 0.721. The zero-order valence-corrected chi connectivity index (χ0v) is 11.9. The van der Waals surface area contributed by atoms with Crippen LogP contribution in [0.1, 0.15) is 37.8 Å². The van der Waals surface area contributed by atoms with E-state index in [-0.39, 0.29) is 6.10 Å². The Kier molecular flexibility index (Phi) is 6.16. The van der Waals surface area contributed by atoms with E-state index in [2.05, 4.69) is 44.3 Å². The van der Waals surface area contributed by atoms with Gasteiger partial charge in [-0.2, -0.15) is 0 Å². The summed E-state index contributed by atoms with van der Waals surface area (Å²) in [5, 5.41) is 11.2. The fraction of sp³-hybridized carbons (Fsp3) is 0.600. The monoisotopic (exact) mass is 252 g/mol. The lowest BCUT2D eigenvalue weighted by molar-refractivity contribution is -0.661. The summed E-state index contributed by atoms with van der Waals surface area (Å²) in [6.07, 6.45) is -0.253. The first-order valence-corrected chi connectivity index (χ1v) is 6.73. The molecule has 0 saturated heterocycles. The molecule has 0 aromatic heterocycles. The molecule has 1 aromatic rings. The summed E-state index contributed by atoms with van der Waals surface area (Å²) in [6, 6.07) is 6.39. The Morgan fingerprint density at radius 1 is 1.22 bits per heavy atom. The highest BCUT2D eigenvalue weighted by atomic mass is 16.5. The smallest absolute Gasteiger partial charge is 0.137 e. The van der Waals surface area contributed by atoms with Crippen molar-refractivity contribution in [1.82, 2.24) is 0 Å². The van der Waals surface area contributed by atoms with Gasteiger partial charge in [0, 0.05) is 0 Å². The minimum Gasteiger partial charge on any atom is -0.488 e. The lowest BCUT2D eigenvalue weighted by Crippen LogP contribution is -2.87. The third-order valence-electron chi connectivity index (χ3n) is 2.84. The van der Waals surface area contributed by atoms with Gasteiger partial charge in [-0.15, -0.1) is 0 Å². The average Bonchev–Trinajstić information content (AvgIpc) is 2.27. The summed E-state index contributed by atoms with van der Waals surface area (Å²) in [6.45, 7) is 10.5. The van der Waals surface area contributed by atoms with E-state index < -0.39 is 0 Å². The van der Waals surface area contributed by atoms with Crippen LogP contribution in [0.3, 0.4) is 0 Å². The molecule has 3 heteroatoms. The number of ether oxygens (including phenoxy) is 1. The molecule has 3 N–H and O–H groups in total. The van der Waals surface area contributed by atoms with Crippen LogP contribution in [0.5, 0.6) is 5.75 Å². The van der Waals surface area contributed by atoms with Crippen molar-refractivity contribution in [3.05, 3.63) is 29.3 Å². The Hall–Kier alpha value is -1.06. The first-order valence-electron chi connectivity index (χ1n) is 6.73. The van der Waals surface area contributed by atoms with Gasteiger partial charge in [0.1, 0.15) is 25.4 Å². The van der Waals surface area contributed by atoms with Crippen molar-refractivity contribution in [2.75, 3.05) is 19.7 Å². The molecule has 0 fully saturated rings. The van der Waals surface area contributed by atoms with Gasteiger partial charge in [-0.25, -0.2) is 0 Å². The van der Waals surface area contributed by atoms with Crippen molar-refractivity contribution < 1.29 is 15.2 Å². The summed E-state index contributed by atoms with van der Waals surface area (Å²) in [5.74, 6) is 1.47. The Morgan fingerprint density at radius 3 is 2.56 bits per heavy atom. The van der Waals surface area contributed by atoms with Crippen LogP contribution in [0, 0.1) is 6.92 Å². The van der Waals surface area contributed by atoms with Crippen molar-refractivity contribution in [3.8, 4) is 5.75 Å². The van der Waals surface area contributed by atoms with Gasteiger partial charge in [-0.3, -0.25) is 0 Å². The van der Waals surface area contributed by atoms with Gasteiger partial charge >= 0.3 is 0 Å². The van der Waals surface area contributed by atoms with E-state index in [4.69, 9.17) is 9.84 Å². The van der Waals surface area contributed by atoms with E-state index in [1.165, 1.54) is 11.1 Å². The number of rotatable bonds is 7. The van der Waals surface area contributed by atoms with E-state index in [0.717, 1.165) is 18.8 Å². The Morgan fingerprint density at radius 2 is 1.94 bits per heavy atom. The molecular formula is C15H26NO2+. The van der Waals surface area contributed by atoms with Crippen molar-refractivity contribution in [2.24, 2.45) is 0 Å². The second-order valence-electron chi connectivity index (χ2n) is 5.24. The van der Waals surface area contributed by atoms with Crippen LogP contribution >= 0.6 is 0 Å². The Balaban J connectivity index is 2.42. The minimum atomic E-state index is -0.253. The normalized spacial score (nSPS) is 12.8. The predicted octanol–water partition coefficient (Wildman–Crippen LogP) is 1.44. The highest BCUT2D eigenvalue weighted by Gasteiger charge is 2.04. The highest BCUT2D eigenvalue weighted by Crippen LogP contribution is 2.22. The molecular weight excluding hydrogens is 226 g/mol. The van der Waals surface area contributed by atoms with Crippen LogP contribution in [0.15, 0.2) is 18.2 Å². The number of aryl methyl sites for hydroxylation is 1. The average molecular weight is 252 g/mol. The molecule has 3 nitrogen and oxygen atoms in total. The number of hydrogen-bond acceptors (Lipinski definition) is 2. The van der Waals surface area contributed by atoms with Gasteiger partial charge in [-0.05, 0) is 43.0 Å². The topological polar surface area (TPSA) is 46.1 Å². The molecule has 0 spiro atoms. The predicted molar refractivity (Wildman–Crippen MR) is 74.1 cm³/mol. The van der Waals surface area contributed by atoms with Crippen LogP contribution in [0.4, 0.5) is 0 Å². The Bertz CT molecular complexity index is 362. The van der Waals surface area contributed by atoms with E-state index in [1.807, 2.05) is 0 Å². The molecule has 0 heterocycles. The largest absolute Gasteiger partial charge is 0.488 e. The number of benzene rings is 1. The minimum absolute atomic E-state index is 0.253. The van der Waals surface area contributed by atoms with Gasteiger partial charge in [0.2, 0.25) is 0 Å². The highest BCUT2D eigenvalue weighted by molar-refractivity contribution is 5.35. The molecule has 0 bridgehead atoms. The second-order valence-corrected chi connectivity index (χ2v) is 5.24. The van der Waals surface area contributed by atoms with Crippen molar-refractivity contribution in [2.45, 2.75) is 39.7 Å². The summed E-state index contributed by atoms with van der Waals surface area (Å²) in [5.41, 5.74) is 2.56. The molecule has 18 heavy (non-hydrogen) atoms. The molecule has 0 aliphatic heterocycles. The summed E-state index contributed by atoms with van der Waals surface area (Å²) >= 11 is 0. The molecule has 0 aliphatic rings. The van der Waals surface area contributed by atoms with E-state index >= 15 is 0 Å². The molecule has 102 valence electrons. The second kappa shape index (κ2) is 7.39. The summed E-state index contributed by atoms with van der Waals surface area (Å²) in [4.78, 5) is 0. The first-order chi connectivity index (χ1) is 8.49. The molecule has 1 atom stereocenters. The van der Waals surface area contributed by atoms with Crippen LogP contribution in [0.2, 0.25) is 0 Å². The van der Waals surface area contributed by atoms with Gasteiger partial charge in [0.25, 0.3) is 0 Å². The van der Waals surface area contributed by atoms with Crippen molar-refractivity contribution in [3.63, 3.8) is 0 Å². The summed E-state index contributed by atoms with van der Waals surface area (Å²) in [7, 11) is 0. The lowest BCUT2D eigenvalue weighted by Gasteiger charge is -2.11. The van der Waals surface area contributed by atoms with Crippen LogP contribution in [-0.2, 0) is 0 Å².